The van der Waals surface area contributed by atoms with E-state index in [1.165, 1.54) is 0 Å². The van der Waals surface area contributed by atoms with Crippen LogP contribution in [0.15, 0.2) is 11.1 Å². The second-order valence-corrected chi connectivity index (χ2v) is 7.07. The third-order valence-electron chi connectivity index (χ3n) is 3.88. The van der Waals surface area contributed by atoms with Crippen LogP contribution in [-0.4, -0.2) is 81.4 Å². The summed E-state index contributed by atoms with van der Waals surface area (Å²) in [5, 5.41) is 30.7. The van der Waals surface area contributed by atoms with Crippen molar-refractivity contribution < 1.29 is 48.5 Å². The Kier molecular flexibility index (Phi) is 5.50. The number of hydrogen-bond donors (Lipinski definition) is 7. The van der Waals surface area contributed by atoms with E-state index in [0.29, 0.717) is 0 Å². The molecule has 0 saturated carbocycles. The average Bonchev–Trinajstić information content (AvgIpc) is 3.15. The number of hydrogen-bond acceptors (Lipinski definition) is 10. The summed E-state index contributed by atoms with van der Waals surface area (Å²) in [6.07, 6.45) is -4.94. The van der Waals surface area contributed by atoms with Crippen molar-refractivity contribution in [2.75, 3.05) is 11.9 Å². The number of nitrogens with one attached hydrogen (secondary N) is 2. The summed E-state index contributed by atoms with van der Waals surface area (Å²) in [6, 6.07) is 0. The molecule has 29 heavy (non-hydrogen) atoms. The number of H-pyrrole nitrogens is 1. The lowest BCUT2D eigenvalue weighted by molar-refractivity contribution is -0.147. The molecule has 1 aliphatic rings. The smallest absolute Gasteiger partial charge is 0.469 e. The summed E-state index contributed by atoms with van der Waals surface area (Å²) < 4.78 is 21.4. The van der Waals surface area contributed by atoms with Gasteiger partial charge in [-0.1, -0.05) is 0 Å². The summed E-state index contributed by atoms with van der Waals surface area (Å²) in [6.45, 7) is -0.750. The molecule has 2 aromatic rings. The number of aliphatic hydroxyl groups is 2. The molecule has 0 aliphatic carbocycles. The van der Waals surface area contributed by atoms with Crippen LogP contribution in [0.25, 0.3) is 11.2 Å². The van der Waals surface area contributed by atoms with Crippen molar-refractivity contribution in [3.8, 4) is 0 Å². The molecule has 0 aromatic carbocycles. The van der Waals surface area contributed by atoms with Crippen molar-refractivity contribution in [2.24, 2.45) is 0 Å². The van der Waals surface area contributed by atoms with Crippen LogP contribution >= 0.6 is 7.82 Å². The van der Waals surface area contributed by atoms with Gasteiger partial charge in [-0.15, -0.1) is 0 Å². The van der Waals surface area contributed by atoms with Gasteiger partial charge in [-0.25, -0.2) is 14.3 Å². The van der Waals surface area contributed by atoms with Gasteiger partial charge in [0.05, 0.1) is 12.9 Å². The lowest BCUT2D eigenvalue weighted by Crippen LogP contribution is -2.33. The molecule has 0 unspecified atom stereocenters. The highest BCUT2D eigenvalue weighted by Gasteiger charge is 2.45. The average molecular weight is 435 g/mol. The maximum absolute atomic E-state index is 12.1. The first-order valence-corrected chi connectivity index (χ1v) is 9.24. The molecule has 1 fully saturated rings. The number of rotatable bonds is 5. The number of carbonyl (C=O) groups excluding carboxylic acids is 1. The summed E-state index contributed by atoms with van der Waals surface area (Å²) in [7, 11) is -4.86. The van der Waals surface area contributed by atoms with Gasteiger partial charge in [-0.3, -0.25) is 29.0 Å². The van der Waals surface area contributed by atoms with E-state index in [0.717, 1.165) is 10.9 Å². The first-order chi connectivity index (χ1) is 13.5. The molecule has 0 bridgehead atoms. The molecule has 2 aromatic heterocycles. The molecule has 158 valence electrons. The Hall–Kier alpha value is -2.72. The number of fused-ring (bicyclic) bond motifs is 1. The number of aromatic amines is 1. The molecule has 7 N–H and O–H groups in total. The van der Waals surface area contributed by atoms with E-state index in [-0.39, 0.29) is 11.2 Å². The molecular formula is C12H14N5O11P. The lowest BCUT2D eigenvalue weighted by Gasteiger charge is -2.16. The number of carboxylic acids is 1. The Labute approximate surface area is 159 Å². The number of carboxylic acid groups (broad SMARTS) is 1. The summed E-state index contributed by atoms with van der Waals surface area (Å²) in [5.41, 5.74) is -1.33. The zero-order valence-electron chi connectivity index (χ0n) is 14.1. The maximum atomic E-state index is 12.1. The van der Waals surface area contributed by atoms with Crippen molar-refractivity contribution in [1.29, 1.82) is 0 Å². The van der Waals surface area contributed by atoms with Gasteiger partial charge < -0.3 is 29.8 Å². The number of carbonyl (C=O) groups is 2. The summed E-state index contributed by atoms with van der Waals surface area (Å²) in [4.78, 5) is 61.2. The van der Waals surface area contributed by atoms with Crippen molar-refractivity contribution in [3.63, 3.8) is 0 Å². The Morgan fingerprint density at radius 3 is 2.66 bits per heavy atom. The van der Waals surface area contributed by atoms with Crippen molar-refractivity contribution in [1.82, 2.24) is 19.5 Å². The van der Waals surface area contributed by atoms with Crippen molar-refractivity contribution in [2.45, 2.75) is 24.5 Å². The highest BCUT2D eigenvalue weighted by atomic mass is 31.2. The molecule has 4 atom stereocenters. The highest BCUT2D eigenvalue weighted by Crippen LogP contribution is 2.38. The van der Waals surface area contributed by atoms with Crippen LogP contribution in [0.4, 0.5) is 5.95 Å². The van der Waals surface area contributed by atoms with Crippen molar-refractivity contribution >= 4 is 36.8 Å². The van der Waals surface area contributed by atoms with Crippen LogP contribution in [0.3, 0.4) is 0 Å². The van der Waals surface area contributed by atoms with Gasteiger partial charge >= 0.3 is 19.7 Å². The molecule has 17 heteroatoms. The molecule has 1 amide bonds. The third kappa shape index (κ3) is 4.33. The molecule has 16 nitrogen and oxygen atoms in total. The molecule has 3 rings (SSSR count). The standard InChI is InChI=1S/C12H14N5O11P/c18-5-3(1-27-29(24,25)26)28-10(6(5)19)17-2-13-4-7(17)14-12(15-8(4)20)16-9(21)11(22)23/h2-3,5-6,10,18-19H,1H2,(H,22,23)(H2,24,25,26)(H2,14,15,16,20,21)/t3-,5-,6-,10-/m1/s1. The second-order valence-electron chi connectivity index (χ2n) is 5.83. The first kappa shape index (κ1) is 21.0. The van der Waals surface area contributed by atoms with Gasteiger partial charge in [0.25, 0.3) is 5.56 Å². The van der Waals surface area contributed by atoms with Crippen LogP contribution < -0.4 is 10.9 Å². The highest BCUT2D eigenvalue weighted by molar-refractivity contribution is 7.46. The molecule has 3 heterocycles. The van der Waals surface area contributed by atoms with Crippen molar-refractivity contribution in [3.05, 3.63) is 16.7 Å². The van der Waals surface area contributed by atoms with Gasteiger partial charge in [-0.05, 0) is 0 Å². The number of aliphatic hydroxyl groups excluding tert-OH is 2. The number of phosphoric ester groups is 1. The number of phosphoric acid groups is 1. The minimum absolute atomic E-state index is 0.234. The van der Waals surface area contributed by atoms with Crippen LogP contribution in [0.5, 0.6) is 0 Å². The third-order valence-corrected chi connectivity index (χ3v) is 4.36. The molecule has 1 aliphatic heterocycles. The van der Waals surface area contributed by atoms with Gasteiger partial charge in [-0.2, -0.15) is 4.98 Å². The lowest BCUT2D eigenvalue weighted by atomic mass is 10.1. The molecular weight excluding hydrogens is 421 g/mol. The first-order valence-electron chi connectivity index (χ1n) is 7.70. The number of aliphatic carboxylic acids is 1. The Balaban J connectivity index is 1.92. The Bertz CT molecular complexity index is 1060. The normalized spacial score (nSPS) is 24.7. The van der Waals surface area contributed by atoms with Crippen LogP contribution in [0, 0.1) is 0 Å². The maximum Gasteiger partial charge on any atom is 0.469 e. The van der Waals surface area contributed by atoms with E-state index in [4.69, 9.17) is 19.6 Å². The van der Waals surface area contributed by atoms with Crippen LogP contribution in [-0.2, 0) is 23.4 Å². The largest absolute Gasteiger partial charge is 0.474 e. The zero-order valence-corrected chi connectivity index (χ0v) is 15.0. The number of anilines is 1. The molecule has 0 radical (unpaired) electrons. The van der Waals surface area contributed by atoms with E-state index in [1.807, 2.05) is 5.32 Å². The molecule has 0 spiro atoms. The number of nitrogens with zero attached hydrogens (tertiary/aromatic N) is 3. The topological polar surface area (TPSA) is 246 Å². The fourth-order valence-corrected chi connectivity index (χ4v) is 2.94. The zero-order chi connectivity index (χ0) is 21.5. The van der Waals surface area contributed by atoms with E-state index in [1.54, 1.807) is 0 Å². The number of amides is 1. The molecule has 1 saturated heterocycles. The Morgan fingerprint density at radius 1 is 1.34 bits per heavy atom. The summed E-state index contributed by atoms with van der Waals surface area (Å²) in [5.74, 6) is -3.82. The van der Waals surface area contributed by atoms with Gasteiger partial charge in [0.1, 0.15) is 18.3 Å². The van der Waals surface area contributed by atoms with Gasteiger partial charge in [0, 0.05) is 0 Å². The van der Waals surface area contributed by atoms with E-state index in [9.17, 15) is 29.2 Å². The van der Waals surface area contributed by atoms with E-state index >= 15 is 0 Å². The predicted molar refractivity (Wildman–Crippen MR) is 88.3 cm³/mol. The monoisotopic (exact) mass is 435 g/mol. The number of ether oxygens (including phenoxy) is 1. The minimum atomic E-state index is -4.86. The summed E-state index contributed by atoms with van der Waals surface area (Å²) >= 11 is 0. The van der Waals surface area contributed by atoms with E-state index in [2.05, 4.69) is 19.5 Å². The SMILES string of the molecule is O=C(O)C(=O)Nc1nc2c(ncn2[C@@H]2O[C@H](COP(=O)(O)O)[C@@H](O)[C@H]2O)c(=O)[nH]1. The predicted octanol–water partition coefficient (Wildman–Crippen LogP) is -3.13. The Morgan fingerprint density at radius 2 is 2.03 bits per heavy atom. The fraction of sp³-hybridized carbons (Fsp3) is 0.417. The van der Waals surface area contributed by atoms with Crippen LogP contribution in [0.1, 0.15) is 6.23 Å². The van der Waals surface area contributed by atoms with E-state index < -0.39 is 62.4 Å². The number of imidazole rings is 1. The quantitative estimate of drug-likeness (QED) is 0.181. The second kappa shape index (κ2) is 7.60. The fourth-order valence-electron chi connectivity index (χ4n) is 2.60. The van der Waals surface area contributed by atoms with Gasteiger partial charge in [0.15, 0.2) is 17.4 Å². The minimum Gasteiger partial charge on any atom is -0.474 e. The number of aromatic nitrogens is 4. The van der Waals surface area contributed by atoms with Crippen LogP contribution in [0.2, 0.25) is 0 Å². The van der Waals surface area contributed by atoms with Gasteiger partial charge in [0.2, 0.25) is 5.95 Å².